The number of rotatable bonds is 1. The van der Waals surface area contributed by atoms with Gasteiger partial charge in [0, 0.05) is 25.4 Å². The van der Waals surface area contributed by atoms with Gasteiger partial charge in [0.05, 0.1) is 0 Å². The van der Waals surface area contributed by atoms with E-state index in [1.165, 1.54) is 16.7 Å². The fourth-order valence-corrected chi connectivity index (χ4v) is 3.49. The summed E-state index contributed by atoms with van der Waals surface area (Å²) in [7, 11) is 1.96. The molecule has 1 saturated heterocycles. The number of piperidine rings is 1. The number of nitrogens with zero attached hydrogens (tertiary/aromatic N) is 1. The maximum absolute atomic E-state index is 11.8. The number of aryl methyl sites for hydroxylation is 1. The van der Waals surface area contributed by atoms with Crippen LogP contribution in [0, 0.1) is 0 Å². The van der Waals surface area contributed by atoms with Gasteiger partial charge in [0.15, 0.2) is 0 Å². The molecule has 0 unspecified atom stereocenters. The molecule has 1 heterocycles. The van der Waals surface area contributed by atoms with E-state index in [1.807, 2.05) is 18.0 Å². The molecule has 2 heteroatoms. The highest BCUT2D eigenvalue weighted by Gasteiger charge is 2.37. The van der Waals surface area contributed by atoms with E-state index in [-0.39, 0.29) is 0 Å². The molecular formula is C16H19NO. The summed E-state index contributed by atoms with van der Waals surface area (Å²) in [6, 6.07) is 7.06. The number of amides is 1. The summed E-state index contributed by atoms with van der Waals surface area (Å²) in [6.45, 7) is 3.83. The first-order chi connectivity index (χ1) is 8.70. The number of carbonyl (C=O) groups excluding carboxylic acids is 1. The highest BCUT2D eigenvalue weighted by atomic mass is 16.2. The fourth-order valence-electron chi connectivity index (χ4n) is 3.49. The van der Waals surface area contributed by atoms with Gasteiger partial charge < -0.3 is 4.90 Å². The molecule has 0 bridgehead atoms. The van der Waals surface area contributed by atoms with Crippen molar-refractivity contribution < 1.29 is 4.79 Å². The van der Waals surface area contributed by atoms with Crippen LogP contribution in [0.4, 0.5) is 0 Å². The third-order valence-electron chi connectivity index (χ3n) is 4.54. The predicted octanol–water partition coefficient (Wildman–Crippen LogP) is 2.98. The van der Waals surface area contributed by atoms with E-state index in [0.717, 1.165) is 19.3 Å². The van der Waals surface area contributed by atoms with Crippen LogP contribution in [-0.2, 0) is 11.2 Å². The second-order valence-electron chi connectivity index (χ2n) is 5.42. The summed E-state index contributed by atoms with van der Waals surface area (Å²) in [5.41, 5.74) is 4.11. The third-order valence-corrected chi connectivity index (χ3v) is 4.54. The molecule has 2 nitrogen and oxygen atoms in total. The van der Waals surface area contributed by atoms with Crippen LogP contribution >= 0.6 is 0 Å². The highest BCUT2D eigenvalue weighted by molar-refractivity contribution is 5.77. The number of likely N-dealkylation sites (tertiary alicyclic amines) is 1. The van der Waals surface area contributed by atoms with E-state index in [9.17, 15) is 4.79 Å². The van der Waals surface area contributed by atoms with Gasteiger partial charge in [-0.15, -0.1) is 0 Å². The largest absolute Gasteiger partial charge is 0.342 e. The molecule has 1 aliphatic carbocycles. The Morgan fingerprint density at radius 1 is 1.33 bits per heavy atom. The van der Waals surface area contributed by atoms with E-state index in [0.29, 0.717) is 24.3 Å². The second-order valence-corrected chi connectivity index (χ2v) is 5.42. The zero-order valence-electron chi connectivity index (χ0n) is 10.9. The Balaban J connectivity index is 1.98. The number of carbonyl (C=O) groups is 1. The monoisotopic (exact) mass is 241 g/mol. The van der Waals surface area contributed by atoms with Crippen LogP contribution in [0.15, 0.2) is 24.8 Å². The van der Waals surface area contributed by atoms with Gasteiger partial charge in [0.1, 0.15) is 0 Å². The van der Waals surface area contributed by atoms with Crippen LogP contribution in [0.3, 0.4) is 0 Å². The SMILES string of the molecule is C=Cc1ccc2c(c1)CC[C@H]1[C@H]2CCC(=O)N1C. The second kappa shape index (κ2) is 4.27. The average molecular weight is 241 g/mol. The lowest BCUT2D eigenvalue weighted by molar-refractivity contribution is -0.135. The number of fused-ring (bicyclic) bond motifs is 3. The predicted molar refractivity (Wildman–Crippen MR) is 73.4 cm³/mol. The molecule has 1 aromatic rings. The molecule has 0 spiro atoms. The molecule has 0 radical (unpaired) electrons. The van der Waals surface area contributed by atoms with Gasteiger partial charge in [0.25, 0.3) is 0 Å². The maximum atomic E-state index is 11.8. The molecular weight excluding hydrogens is 222 g/mol. The number of hydrogen-bond donors (Lipinski definition) is 0. The Labute approximate surface area is 108 Å². The Hall–Kier alpha value is -1.57. The van der Waals surface area contributed by atoms with E-state index in [1.54, 1.807) is 0 Å². The molecule has 2 atom stereocenters. The zero-order valence-corrected chi connectivity index (χ0v) is 10.9. The summed E-state index contributed by atoms with van der Waals surface area (Å²) in [5, 5.41) is 0. The van der Waals surface area contributed by atoms with Crippen molar-refractivity contribution in [3.63, 3.8) is 0 Å². The van der Waals surface area contributed by atoms with E-state index in [2.05, 4.69) is 24.8 Å². The number of likely N-dealkylation sites (N-methyl/N-ethyl adjacent to an activating group) is 1. The summed E-state index contributed by atoms with van der Waals surface area (Å²) in [5.74, 6) is 0.845. The van der Waals surface area contributed by atoms with Crippen LogP contribution < -0.4 is 0 Å². The summed E-state index contributed by atoms with van der Waals surface area (Å²) < 4.78 is 0. The summed E-state index contributed by atoms with van der Waals surface area (Å²) >= 11 is 0. The van der Waals surface area contributed by atoms with Crippen molar-refractivity contribution in [2.45, 2.75) is 37.6 Å². The van der Waals surface area contributed by atoms with Crippen molar-refractivity contribution in [2.75, 3.05) is 7.05 Å². The Bertz CT molecular complexity index is 506. The third kappa shape index (κ3) is 1.67. The molecule has 0 saturated carbocycles. The molecule has 2 aliphatic rings. The van der Waals surface area contributed by atoms with Gasteiger partial charge in [-0.05, 0) is 36.0 Å². The Kier molecular flexibility index (Phi) is 2.73. The van der Waals surface area contributed by atoms with Crippen LogP contribution in [-0.4, -0.2) is 23.9 Å². The average Bonchev–Trinajstić information content (AvgIpc) is 2.41. The van der Waals surface area contributed by atoms with Crippen LogP contribution in [0.5, 0.6) is 0 Å². The van der Waals surface area contributed by atoms with Gasteiger partial charge >= 0.3 is 0 Å². The fraction of sp³-hybridized carbons (Fsp3) is 0.438. The highest BCUT2D eigenvalue weighted by Crippen LogP contribution is 2.40. The lowest BCUT2D eigenvalue weighted by Gasteiger charge is -2.43. The topological polar surface area (TPSA) is 20.3 Å². The van der Waals surface area contributed by atoms with Crippen LogP contribution in [0.1, 0.15) is 41.9 Å². The summed E-state index contributed by atoms with van der Waals surface area (Å²) in [4.78, 5) is 13.7. The van der Waals surface area contributed by atoms with Gasteiger partial charge in [-0.25, -0.2) is 0 Å². The molecule has 0 N–H and O–H groups in total. The first-order valence-corrected chi connectivity index (χ1v) is 6.71. The van der Waals surface area contributed by atoms with Crippen molar-refractivity contribution in [3.05, 3.63) is 41.5 Å². The normalized spacial score (nSPS) is 26.5. The van der Waals surface area contributed by atoms with E-state index < -0.39 is 0 Å². The first kappa shape index (κ1) is 11.5. The molecule has 18 heavy (non-hydrogen) atoms. The summed E-state index contributed by atoms with van der Waals surface area (Å²) in [6.07, 6.45) is 5.79. The Morgan fingerprint density at radius 2 is 2.17 bits per heavy atom. The molecule has 1 aliphatic heterocycles. The zero-order chi connectivity index (χ0) is 12.7. The van der Waals surface area contributed by atoms with Gasteiger partial charge in [-0.3, -0.25) is 4.79 Å². The molecule has 3 rings (SSSR count). The maximum Gasteiger partial charge on any atom is 0.222 e. The minimum absolute atomic E-state index is 0.308. The first-order valence-electron chi connectivity index (χ1n) is 6.71. The van der Waals surface area contributed by atoms with Gasteiger partial charge in [-0.2, -0.15) is 0 Å². The molecule has 1 aromatic carbocycles. The number of hydrogen-bond acceptors (Lipinski definition) is 1. The quantitative estimate of drug-likeness (QED) is 0.740. The van der Waals surface area contributed by atoms with Crippen LogP contribution in [0.25, 0.3) is 6.08 Å². The minimum Gasteiger partial charge on any atom is -0.342 e. The molecule has 0 aromatic heterocycles. The van der Waals surface area contributed by atoms with Crippen molar-refractivity contribution in [3.8, 4) is 0 Å². The molecule has 1 fully saturated rings. The minimum atomic E-state index is 0.308. The van der Waals surface area contributed by atoms with Crippen molar-refractivity contribution in [2.24, 2.45) is 0 Å². The van der Waals surface area contributed by atoms with Gasteiger partial charge in [-0.1, -0.05) is 30.9 Å². The van der Waals surface area contributed by atoms with Crippen LogP contribution in [0.2, 0.25) is 0 Å². The molecule has 1 amide bonds. The smallest absolute Gasteiger partial charge is 0.222 e. The van der Waals surface area contributed by atoms with E-state index in [4.69, 9.17) is 0 Å². The lowest BCUT2D eigenvalue weighted by Crippen LogP contribution is -2.47. The van der Waals surface area contributed by atoms with E-state index >= 15 is 0 Å². The van der Waals surface area contributed by atoms with Gasteiger partial charge in [0.2, 0.25) is 5.91 Å². The number of benzene rings is 1. The molecule has 94 valence electrons. The van der Waals surface area contributed by atoms with Crippen molar-refractivity contribution in [1.29, 1.82) is 0 Å². The van der Waals surface area contributed by atoms with Crippen molar-refractivity contribution in [1.82, 2.24) is 4.90 Å². The Morgan fingerprint density at radius 3 is 2.94 bits per heavy atom. The van der Waals surface area contributed by atoms with Crippen molar-refractivity contribution >= 4 is 12.0 Å². The lowest BCUT2D eigenvalue weighted by atomic mass is 9.74. The standard InChI is InChI=1S/C16H19NO/c1-3-11-4-6-13-12(10-11)5-8-15-14(13)7-9-16(18)17(15)2/h3-4,6,10,14-15H,1,5,7-9H2,2H3/t14-,15-/m0/s1.